The number of hydrogen-bond acceptors (Lipinski definition) is 1. The van der Waals surface area contributed by atoms with E-state index in [-0.39, 0.29) is 5.91 Å². The third kappa shape index (κ3) is 2.55. The number of nitrogens with one attached hydrogen (secondary N) is 1. The Labute approximate surface area is 123 Å². The summed E-state index contributed by atoms with van der Waals surface area (Å²) in [6.45, 7) is 3.65. The Morgan fingerprint density at radius 3 is 3.10 bits per heavy atom. The lowest BCUT2D eigenvalue weighted by Crippen LogP contribution is -2.38. The van der Waals surface area contributed by atoms with Crippen LogP contribution in [0.5, 0.6) is 0 Å². The summed E-state index contributed by atoms with van der Waals surface area (Å²) in [4.78, 5) is 17.3. The maximum atomic E-state index is 11.9. The summed E-state index contributed by atoms with van der Waals surface area (Å²) in [6, 6.07) is 8.07. The molecule has 2 heterocycles. The van der Waals surface area contributed by atoms with Crippen molar-refractivity contribution >= 4 is 28.4 Å². The zero-order valence-electron chi connectivity index (χ0n) is 11.7. The highest BCUT2D eigenvalue weighted by Gasteiger charge is 2.24. The third-order valence-corrected chi connectivity index (χ3v) is 4.36. The van der Waals surface area contributed by atoms with Crippen LogP contribution in [0.2, 0.25) is 5.02 Å². The van der Waals surface area contributed by atoms with E-state index in [4.69, 9.17) is 11.6 Å². The summed E-state index contributed by atoms with van der Waals surface area (Å²) in [6.07, 6.45) is 2.80. The smallest absolute Gasteiger partial charge is 0.222 e. The van der Waals surface area contributed by atoms with Crippen LogP contribution in [0.4, 0.5) is 0 Å². The molecule has 1 aliphatic heterocycles. The van der Waals surface area contributed by atoms with Crippen LogP contribution < -0.4 is 0 Å². The topological polar surface area (TPSA) is 36.1 Å². The van der Waals surface area contributed by atoms with Gasteiger partial charge in [0.05, 0.1) is 0 Å². The van der Waals surface area contributed by atoms with Gasteiger partial charge in [-0.3, -0.25) is 4.79 Å². The van der Waals surface area contributed by atoms with Gasteiger partial charge in [0.2, 0.25) is 5.91 Å². The van der Waals surface area contributed by atoms with Gasteiger partial charge >= 0.3 is 0 Å². The number of aromatic amines is 1. The molecule has 0 radical (unpaired) electrons. The molecule has 0 aliphatic carbocycles. The number of carbonyl (C=O) groups is 1. The number of amides is 1. The van der Waals surface area contributed by atoms with E-state index in [1.807, 2.05) is 30.0 Å². The molecular weight excluding hydrogens is 272 g/mol. The number of halogens is 1. The number of piperidine rings is 1. The molecule has 2 aromatic rings. The summed E-state index contributed by atoms with van der Waals surface area (Å²) in [5.74, 6) is 0.666. The van der Waals surface area contributed by atoms with Gasteiger partial charge in [-0.15, -0.1) is 0 Å². The molecule has 20 heavy (non-hydrogen) atoms. The SMILES string of the molecule is CCC(=O)N1CCCC(c2cc3cc(Cl)ccc3[nH]2)C1. The molecule has 0 bridgehead atoms. The molecule has 0 spiro atoms. The van der Waals surface area contributed by atoms with Gasteiger partial charge in [-0.1, -0.05) is 18.5 Å². The molecule has 106 valence electrons. The van der Waals surface area contributed by atoms with E-state index in [1.54, 1.807) is 0 Å². The molecule has 1 atom stereocenters. The van der Waals surface area contributed by atoms with Gasteiger partial charge < -0.3 is 9.88 Å². The van der Waals surface area contributed by atoms with Crippen molar-refractivity contribution in [3.05, 3.63) is 35.0 Å². The predicted molar refractivity (Wildman–Crippen MR) is 82.2 cm³/mol. The van der Waals surface area contributed by atoms with Crippen LogP contribution in [0.25, 0.3) is 10.9 Å². The molecule has 1 aliphatic rings. The van der Waals surface area contributed by atoms with E-state index in [0.29, 0.717) is 12.3 Å². The Bertz CT molecular complexity index is 634. The Morgan fingerprint density at radius 1 is 1.45 bits per heavy atom. The van der Waals surface area contributed by atoms with Crippen LogP contribution in [-0.2, 0) is 4.79 Å². The number of rotatable bonds is 2. The highest BCUT2D eigenvalue weighted by Crippen LogP contribution is 2.30. The van der Waals surface area contributed by atoms with Crippen LogP contribution in [0.1, 0.15) is 37.8 Å². The van der Waals surface area contributed by atoms with E-state index in [0.717, 1.165) is 41.9 Å². The summed E-state index contributed by atoms with van der Waals surface area (Å²) < 4.78 is 0. The van der Waals surface area contributed by atoms with Gasteiger partial charge in [-0.2, -0.15) is 0 Å². The third-order valence-electron chi connectivity index (χ3n) is 4.12. The molecule has 1 unspecified atom stereocenters. The Hall–Kier alpha value is -1.48. The summed E-state index contributed by atoms with van der Waals surface area (Å²) in [7, 11) is 0. The highest BCUT2D eigenvalue weighted by atomic mass is 35.5. The van der Waals surface area contributed by atoms with Crippen molar-refractivity contribution in [1.82, 2.24) is 9.88 Å². The molecule has 1 saturated heterocycles. The van der Waals surface area contributed by atoms with Crippen LogP contribution >= 0.6 is 11.6 Å². The lowest BCUT2D eigenvalue weighted by Gasteiger charge is -2.32. The van der Waals surface area contributed by atoms with Gasteiger partial charge in [0.15, 0.2) is 0 Å². The van der Waals surface area contributed by atoms with Crippen molar-refractivity contribution in [3.8, 4) is 0 Å². The number of fused-ring (bicyclic) bond motifs is 1. The van der Waals surface area contributed by atoms with E-state index in [2.05, 4.69) is 11.1 Å². The zero-order chi connectivity index (χ0) is 14.1. The predicted octanol–water partition coefficient (Wildman–Crippen LogP) is 3.94. The largest absolute Gasteiger partial charge is 0.358 e. The number of hydrogen-bond donors (Lipinski definition) is 1. The Balaban J connectivity index is 1.84. The van der Waals surface area contributed by atoms with Gasteiger partial charge in [0.1, 0.15) is 0 Å². The number of likely N-dealkylation sites (tertiary alicyclic amines) is 1. The molecular formula is C16H19ClN2O. The Kier molecular flexibility index (Phi) is 3.70. The lowest BCUT2D eigenvalue weighted by molar-refractivity contribution is -0.132. The average molecular weight is 291 g/mol. The first kappa shape index (κ1) is 13.5. The number of aromatic nitrogens is 1. The number of nitrogens with zero attached hydrogens (tertiary/aromatic N) is 1. The molecule has 1 amide bonds. The molecule has 4 heteroatoms. The maximum absolute atomic E-state index is 11.9. The van der Waals surface area contributed by atoms with Gasteiger partial charge in [-0.25, -0.2) is 0 Å². The van der Waals surface area contributed by atoms with Gasteiger partial charge in [0.25, 0.3) is 0 Å². The first-order valence-corrected chi connectivity index (χ1v) is 7.61. The monoisotopic (exact) mass is 290 g/mol. The van der Waals surface area contributed by atoms with Crippen molar-refractivity contribution < 1.29 is 4.79 Å². The summed E-state index contributed by atoms with van der Waals surface area (Å²) in [5.41, 5.74) is 2.33. The second-order valence-electron chi connectivity index (χ2n) is 5.49. The standard InChI is InChI=1S/C16H19ClN2O/c1-2-16(20)19-7-3-4-11(10-19)15-9-12-8-13(17)5-6-14(12)18-15/h5-6,8-9,11,18H,2-4,7,10H2,1H3. The molecule has 1 aromatic heterocycles. The summed E-state index contributed by atoms with van der Waals surface area (Å²) in [5, 5.41) is 1.90. The highest BCUT2D eigenvalue weighted by molar-refractivity contribution is 6.31. The van der Waals surface area contributed by atoms with E-state index in [9.17, 15) is 4.79 Å². The van der Waals surface area contributed by atoms with Crippen molar-refractivity contribution in [1.29, 1.82) is 0 Å². The van der Waals surface area contributed by atoms with Crippen molar-refractivity contribution in [2.24, 2.45) is 0 Å². The van der Waals surface area contributed by atoms with Crippen molar-refractivity contribution in [2.75, 3.05) is 13.1 Å². The van der Waals surface area contributed by atoms with Gasteiger partial charge in [-0.05, 0) is 37.1 Å². The molecule has 1 N–H and O–H groups in total. The first-order chi connectivity index (χ1) is 9.67. The molecule has 3 nitrogen and oxygen atoms in total. The summed E-state index contributed by atoms with van der Waals surface area (Å²) >= 11 is 6.03. The van der Waals surface area contributed by atoms with Crippen LogP contribution in [-0.4, -0.2) is 28.9 Å². The van der Waals surface area contributed by atoms with Crippen LogP contribution in [0, 0.1) is 0 Å². The minimum atomic E-state index is 0.258. The average Bonchev–Trinajstić information content (AvgIpc) is 2.89. The van der Waals surface area contributed by atoms with Gasteiger partial charge in [0, 0.05) is 47.0 Å². The fourth-order valence-corrected chi connectivity index (χ4v) is 3.21. The minimum Gasteiger partial charge on any atom is -0.358 e. The molecule has 1 aromatic carbocycles. The zero-order valence-corrected chi connectivity index (χ0v) is 12.4. The van der Waals surface area contributed by atoms with Crippen molar-refractivity contribution in [3.63, 3.8) is 0 Å². The van der Waals surface area contributed by atoms with Crippen LogP contribution in [0.15, 0.2) is 24.3 Å². The molecule has 3 rings (SSSR count). The fraction of sp³-hybridized carbons (Fsp3) is 0.438. The lowest BCUT2D eigenvalue weighted by atomic mass is 9.94. The van der Waals surface area contributed by atoms with E-state index < -0.39 is 0 Å². The second kappa shape index (κ2) is 5.49. The normalized spacial score (nSPS) is 19.5. The number of H-pyrrole nitrogens is 1. The number of carbonyl (C=O) groups excluding carboxylic acids is 1. The van der Waals surface area contributed by atoms with Crippen molar-refractivity contribution in [2.45, 2.75) is 32.1 Å². The number of benzene rings is 1. The van der Waals surface area contributed by atoms with Crippen LogP contribution in [0.3, 0.4) is 0 Å². The quantitative estimate of drug-likeness (QED) is 0.893. The van der Waals surface area contributed by atoms with E-state index in [1.165, 1.54) is 5.69 Å². The second-order valence-corrected chi connectivity index (χ2v) is 5.93. The molecule has 0 saturated carbocycles. The molecule has 1 fully saturated rings. The minimum absolute atomic E-state index is 0.258. The maximum Gasteiger partial charge on any atom is 0.222 e. The van der Waals surface area contributed by atoms with E-state index >= 15 is 0 Å². The first-order valence-electron chi connectivity index (χ1n) is 7.23. The Morgan fingerprint density at radius 2 is 2.30 bits per heavy atom. The fourth-order valence-electron chi connectivity index (χ4n) is 3.03.